The maximum atomic E-state index is 12.6. The van der Waals surface area contributed by atoms with E-state index in [1.54, 1.807) is 21.0 Å². The Kier molecular flexibility index (Phi) is 6.04. The van der Waals surface area contributed by atoms with Gasteiger partial charge in [0.25, 0.3) is 0 Å². The van der Waals surface area contributed by atoms with E-state index >= 15 is 0 Å². The van der Waals surface area contributed by atoms with Gasteiger partial charge in [-0.3, -0.25) is 4.79 Å². The van der Waals surface area contributed by atoms with Crippen LogP contribution in [0.5, 0.6) is 0 Å². The second-order valence-electron chi connectivity index (χ2n) is 5.09. The van der Waals surface area contributed by atoms with Gasteiger partial charge in [-0.2, -0.15) is 0 Å². The highest BCUT2D eigenvalue weighted by Gasteiger charge is 2.33. The van der Waals surface area contributed by atoms with Crippen molar-refractivity contribution in [1.29, 1.82) is 0 Å². The van der Waals surface area contributed by atoms with Crippen LogP contribution in [0.4, 0.5) is 0 Å². The molecule has 9 heteroatoms. The van der Waals surface area contributed by atoms with Crippen molar-refractivity contribution < 1.29 is 4.79 Å². The molecule has 7 nitrogen and oxygen atoms in total. The van der Waals surface area contributed by atoms with Gasteiger partial charge in [-0.15, -0.1) is 17.5 Å². The molecule has 1 amide bonds. The minimum Gasteiger partial charge on any atom is -0.336 e. The maximum absolute atomic E-state index is 12.6. The summed E-state index contributed by atoms with van der Waals surface area (Å²) in [7, 11) is 3.41. The zero-order valence-corrected chi connectivity index (χ0v) is 14.9. The molecule has 0 fully saturated rings. The second kappa shape index (κ2) is 7.17. The number of nitrogens with zero attached hydrogens (tertiary/aromatic N) is 5. The van der Waals surface area contributed by atoms with Crippen LogP contribution in [0.15, 0.2) is 28.7 Å². The molecular formula is C13H18BrClN6O. The summed E-state index contributed by atoms with van der Waals surface area (Å²) >= 11 is 3.36. The lowest BCUT2D eigenvalue weighted by Gasteiger charge is -2.29. The van der Waals surface area contributed by atoms with E-state index in [0.717, 1.165) is 10.0 Å². The molecule has 0 aliphatic heterocycles. The number of carbonyl (C=O) groups is 1. The highest BCUT2D eigenvalue weighted by molar-refractivity contribution is 9.10. The van der Waals surface area contributed by atoms with Crippen molar-refractivity contribution >= 4 is 34.2 Å². The van der Waals surface area contributed by atoms with Crippen molar-refractivity contribution in [3.63, 3.8) is 0 Å². The van der Waals surface area contributed by atoms with Gasteiger partial charge in [0.2, 0.25) is 5.91 Å². The van der Waals surface area contributed by atoms with E-state index in [0.29, 0.717) is 12.4 Å². The number of hydrogen-bond donors (Lipinski definition) is 1. The summed E-state index contributed by atoms with van der Waals surface area (Å²) in [5, 5.41) is 11.2. The molecule has 2 aromatic rings. The molecule has 0 spiro atoms. The van der Waals surface area contributed by atoms with Crippen LogP contribution in [0.3, 0.4) is 0 Å². The lowest BCUT2D eigenvalue weighted by Crippen LogP contribution is -2.49. The summed E-state index contributed by atoms with van der Waals surface area (Å²) in [6.45, 7) is 2.00. The summed E-state index contributed by atoms with van der Waals surface area (Å²) in [6, 6.07) is 7.39. The van der Waals surface area contributed by atoms with E-state index in [2.05, 4.69) is 31.5 Å². The first kappa shape index (κ1) is 18.5. The second-order valence-corrected chi connectivity index (χ2v) is 6.00. The van der Waals surface area contributed by atoms with Crippen LogP contribution in [0.2, 0.25) is 0 Å². The van der Waals surface area contributed by atoms with Gasteiger partial charge in [0.1, 0.15) is 5.54 Å². The Hall–Kier alpha value is -1.51. The summed E-state index contributed by atoms with van der Waals surface area (Å²) < 4.78 is 2.46. The Morgan fingerprint density at radius 3 is 2.50 bits per heavy atom. The zero-order valence-electron chi connectivity index (χ0n) is 12.5. The molecule has 0 aliphatic carbocycles. The van der Waals surface area contributed by atoms with Gasteiger partial charge in [0.15, 0.2) is 5.82 Å². The fraction of sp³-hybridized carbons (Fsp3) is 0.385. The molecule has 120 valence electrons. The third kappa shape index (κ3) is 3.82. The number of tetrazole rings is 1. The molecule has 1 unspecified atom stereocenters. The molecule has 0 bridgehead atoms. The van der Waals surface area contributed by atoms with Crippen molar-refractivity contribution in [1.82, 2.24) is 25.1 Å². The van der Waals surface area contributed by atoms with Crippen LogP contribution in [0.1, 0.15) is 18.3 Å². The number of aromatic nitrogens is 4. The van der Waals surface area contributed by atoms with Crippen LogP contribution >= 0.6 is 28.3 Å². The first-order valence-electron chi connectivity index (χ1n) is 6.34. The van der Waals surface area contributed by atoms with E-state index in [9.17, 15) is 4.79 Å². The van der Waals surface area contributed by atoms with Crippen molar-refractivity contribution in [3.05, 3.63) is 40.1 Å². The number of rotatable bonds is 4. The molecule has 1 atom stereocenters. The van der Waals surface area contributed by atoms with Gasteiger partial charge in [-0.05, 0) is 35.0 Å². The maximum Gasteiger partial charge on any atom is 0.247 e. The third-order valence-corrected chi connectivity index (χ3v) is 3.85. The number of nitrogens with two attached hydrogens (primary N) is 1. The average molecular weight is 390 g/mol. The highest BCUT2D eigenvalue weighted by atomic mass is 79.9. The number of halogens is 2. The Morgan fingerprint density at radius 1 is 1.41 bits per heavy atom. The number of aryl methyl sites for hydroxylation is 1. The largest absolute Gasteiger partial charge is 0.336 e. The first-order valence-corrected chi connectivity index (χ1v) is 7.13. The highest BCUT2D eigenvalue weighted by Crippen LogP contribution is 2.22. The fourth-order valence-electron chi connectivity index (χ4n) is 1.98. The molecule has 1 aromatic carbocycles. The molecule has 2 N–H and O–H groups in total. The molecular weight excluding hydrogens is 372 g/mol. The molecule has 0 aliphatic rings. The molecule has 1 heterocycles. The van der Waals surface area contributed by atoms with Gasteiger partial charge in [0.05, 0.1) is 6.54 Å². The molecule has 0 radical (unpaired) electrons. The minimum atomic E-state index is -1.11. The van der Waals surface area contributed by atoms with E-state index in [-0.39, 0.29) is 18.3 Å². The van der Waals surface area contributed by atoms with Gasteiger partial charge in [-0.25, -0.2) is 4.68 Å². The van der Waals surface area contributed by atoms with Crippen LogP contribution in [0.25, 0.3) is 0 Å². The van der Waals surface area contributed by atoms with Crippen LogP contribution in [-0.4, -0.2) is 38.1 Å². The SMILES string of the molecule is CN(Cc1nnnn1C)C(=O)C(C)(N)c1ccc(Br)cc1.Cl. The number of likely N-dealkylation sites (N-methyl/N-ethyl adjacent to an activating group) is 1. The fourth-order valence-corrected chi connectivity index (χ4v) is 2.25. The van der Waals surface area contributed by atoms with E-state index in [1.807, 2.05) is 24.3 Å². The zero-order chi connectivity index (χ0) is 15.6. The summed E-state index contributed by atoms with van der Waals surface area (Å²) in [5.74, 6) is 0.394. The standard InChI is InChI=1S/C13H17BrN6O.ClH/c1-13(15,9-4-6-10(14)7-5-9)12(21)19(2)8-11-16-17-18-20(11)3;/h4-7H,8,15H2,1-3H3;1H. The van der Waals surface area contributed by atoms with Crippen molar-refractivity contribution in [2.45, 2.75) is 19.0 Å². The third-order valence-electron chi connectivity index (χ3n) is 3.32. The predicted octanol–water partition coefficient (Wildman–Crippen LogP) is 1.23. The average Bonchev–Trinajstić information content (AvgIpc) is 2.83. The normalized spacial score (nSPS) is 13.1. The number of carbonyl (C=O) groups excluding carboxylic acids is 1. The molecule has 0 saturated heterocycles. The summed E-state index contributed by atoms with van der Waals surface area (Å²) in [5.41, 5.74) is 5.87. The number of hydrogen-bond acceptors (Lipinski definition) is 5. The Balaban J connectivity index is 0.00000242. The van der Waals surface area contributed by atoms with Crippen molar-refractivity contribution in [2.75, 3.05) is 7.05 Å². The monoisotopic (exact) mass is 388 g/mol. The molecule has 1 aromatic heterocycles. The topological polar surface area (TPSA) is 89.9 Å². The van der Waals surface area contributed by atoms with Gasteiger partial charge < -0.3 is 10.6 Å². The van der Waals surface area contributed by atoms with Crippen molar-refractivity contribution in [2.24, 2.45) is 12.8 Å². The molecule has 2 rings (SSSR count). The number of benzene rings is 1. The van der Waals surface area contributed by atoms with Gasteiger partial charge in [0, 0.05) is 18.6 Å². The molecule has 0 saturated carbocycles. The lowest BCUT2D eigenvalue weighted by molar-refractivity contribution is -0.136. The predicted molar refractivity (Wildman–Crippen MR) is 88.2 cm³/mol. The van der Waals surface area contributed by atoms with E-state index in [4.69, 9.17) is 5.73 Å². The van der Waals surface area contributed by atoms with Gasteiger partial charge >= 0.3 is 0 Å². The van der Waals surface area contributed by atoms with Crippen LogP contribution in [-0.2, 0) is 23.9 Å². The first-order chi connectivity index (χ1) is 9.82. The van der Waals surface area contributed by atoms with Gasteiger partial charge in [-0.1, -0.05) is 28.1 Å². The summed E-state index contributed by atoms with van der Waals surface area (Å²) in [6.07, 6.45) is 0. The van der Waals surface area contributed by atoms with Crippen LogP contribution < -0.4 is 5.73 Å². The molecule has 22 heavy (non-hydrogen) atoms. The van der Waals surface area contributed by atoms with Crippen molar-refractivity contribution in [3.8, 4) is 0 Å². The minimum absolute atomic E-state index is 0. The Morgan fingerprint density at radius 2 is 2.00 bits per heavy atom. The Labute approximate surface area is 143 Å². The number of amides is 1. The lowest BCUT2D eigenvalue weighted by atomic mass is 9.92. The van der Waals surface area contributed by atoms with Crippen LogP contribution in [0, 0.1) is 0 Å². The van der Waals surface area contributed by atoms with E-state index < -0.39 is 5.54 Å². The summed E-state index contributed by atoms with van der Waals surface area (Å²) in [4.78, 5) is 14.1. The quantitative estimate of drug-likeness (QED) is 0.849. The smallest absolute Gasteiger partial charge is 0.247 e. The van der Waals surface area contributed by atoms with E-state index in [1.165, 1.54) is 9.58 Å². The Bertz CT molecular complexity index is 642.